The van der Waals surface area contributed by atoms with E-state index in [1.54, 1.807) is 49.6 Å². The highest BCUT2D eigenvalue weighted by Gasteiger charge is 2.15. The topological polar surface area (TPSA) is 109 Å². The molecule has 0 radical (unpaired) electrons. The van der Waals surface area contributed by atoms with Crippen molar-refractivity contribution in [1.82, 2.24) is 10.3 Å². The van der Waals surface area contributed by atoms with Crippen LogP contribution in [0.3, 0.4) is 0 Å². The van der Waals surface area contributed by atoms with Gasteiger partial charge in [0, 0.05) is 27.1 Å². The van der Waals surface area contributed by atoms with E-state index in [2.05, 4.69) is 20.9 Å². The molecule has 0 spiro atoms. The van der Waals surface area contributed by atoms with Gasteiger partial charge in [-0.3, -0.25) is 14.4 Å². The summed E-state index contributed by atoms with van der Waals surface area (Å²) in [4.78, 5) is 44.1. The molecule has 1 heterocycles. The lowest BCUT2D eigenvalue weighted by molar-refractivity contribution is -0.114. The van der Waals surface area contributed by atoms with Crippen LogP contribution in [0.4, 0.5) is 10.8 Å². The van der Waals surface area contributed by atoms with Gasteiger partial charge in [-0.25, -0.2) is 4.98 Å². The Hall–Kier alpha value is -5.19. The Morgan fingerprint density at radius 1 is 0.889 bits per heavy atom. The van der Waals surface area contributed by atoms with Crippen molar-refractivity contribution >= 4 is 57.7 Å². The van der Waals surface area contributed by atoms with E-state index in [4.69, 9.17) is 4.74 Å². The van der Waals surface area contributed by atoms with Crippen molar-refractivity contribution in [2.75, 3.05) is 23.5 Å². The predicted molar refractivity (Wildman–Crippen MR) is 182 cm³/mol. The van der Waals surface area contributed by atoms with Gasteiger partial charge in [-0.1, -0.05) is 60.2 Å². The summed E-state index contributed by atoms with van der Waals surface area (Å²) in [6, 6.07) is 31.1. The standard InChI is InChI=1S/C35H30N4O4S2/c1-23-11-13-24(14-12-23)19-30(37-33(41)25-7-4-3-5-8-25)34(42)36-27-15-17-29(18-16-27)44-22-32(40)39-35-38-31(21-45-35)26-9-6-10-28(20-26)43-2/h3-21H,22H2,1-2H3,(H,36,42)(H,37,41)(H,38,39,40)/b30-19-. The van der Waals surface area contributed by atoms with Gasteiger partial charge in [-0.15, -0.1) is 23.1 Å². The number of aromatic nitrogens is 1. The van der Waals surface area contributed by atoms with Crippen LogP contribution in [0.25, 0.3) is 17.3 Å². The van der Waals surface area contributed by atoms with Crippen molar-refractivity contribution in [2.45, 2.75) is 11.8 Å². The number of methoxy groups -OCH3 is 1. The van der Waals surface area contributed by atoms with Crippen LogP contribution >= 0.6 is 23.1 Å². The molecule has 0 unspecified atom stereocenters. The van der Waals surface area contributed by atoms with Crippen molar-refractivity contribution in [3.05, 3.63) is 131 Å². The molecular weight excluding hydrogens is 605 g/mol. The highest BCUT2D eigenvalue weighted by molar-refractivity contribution is 8.00. The molecule has 8 nitrogen and oxygen atoms in total. The molecule has 10 heteroatoms. The van der Waals surface area contributed by atoms with Crippen molar-refractivity contribution in [3.8, 4) is 17.0 Å². The number of hydrogen-bond donors (Lipinski definition) is 3. The SMILES string of the molecule is COc1cccc(-c2csc(NC(=O)CSc3ccc(NC(=O)/C(=C/c4ccc(C)cc4)NC(=O)c4ccccc4)cc3)n2)c1. The number of aryl methyl sites for hydroxylation is 1. The first-order chi connectivity index (χ1) is 21.9. The van der Waals surface area contributed by atoms with Crippen LogP contribution in [0.15, 0.2) is 119 Å². The number of rotatable bonds is 11. The van der Waals surface area contributed by atoms with Crippen LogP contribution in [-0.4, -0.2) is 35.6 Å². The number of nitrogens with one attached hydrogen (secondary N) is 3. The minimum atomic E-state index is -0.462. The van der Waals surface area contributed by atoms with E-state index in [1.165, 1.54) is 23.1 Å². The molecule has 0 aliphatic rings. The molecule has 45 heavy (non-hydrogen) atoms. The van der Waals surface area contributed by atoms with Gasteiger partial charge in [0.2, 0.25) is 5.91 Å². The van der Waals surface area contributed by atoms with Crippen LogP contribution in [0.2, 0.25) is 0 Å². The second-order valence-electron chi connectivity index (χ2n) is 9.87. The Morgan fingerprint density at radius 3 is 2.38 bits per heavy atom. The Labute approximate surface area is 269 Å². The van der Waals surface area contributed by atoms with E-state index in [0.29, 0.717) is 16.4 Å². The molecular formula is C35H30N4O4S2. The van der Waals surface area contributed by atoms with Crippen LogP contribution in [0.1, 0.15) is 21.5 Å². The molecule has 5 aromatic rings. The third-order valence-electron chi connectivity index (χ3n) is 6.52. The van der Waals surface area contributed by atoms with Gasteiger partial charge in [-0.05, 0) is 67.1 Å². The summed E-state index contributed by atoms with van der Waals surface area (Å²) in [6.07, 6.45) is 1.64. The minimum Gasteiger partial charge on any atom is -0.497 e. The van der Waals surface area contributed by atoms with E-state index < -0.39 is 5.91 Å². The van der Waals surface area contributed by atoms with Crippen molar-refractivity contribution in [3.63, 3.8) is 0 Å². The molecule has 0 fully saturated rings. The minimum absolute atomic E-state index is 0.111. The van der Waals surface area contributed by atoms with Crippen molar-refractivity contribution in [1.29, 1.82) is 0 Å². The van der Waals surface area contributed by atoms with E-state index in [1.807, 2.05) is 79.0 Å². The van der Waals surface area contributed by atoms with Crippen LogP contribution in [0, 0.1) is 6.92 Å². The Kier molecular flexibility index (Phi) is 10.4. The van der Waals surface area contributed by atoms with Gasteiger partial charge >= 0.3 is 0 Å². The summed E-state index contributed by atoms with van der Waals surface area (Å²) in [5.41, 5.74) is 4.63. The van der Waals surface area contributed by atoms with Crippen molar-refractivity contribution < 1.29 is 19.1 Å². The van der Waals surface area contributed by atoms with Crippen molar-refractivity contribution in [2.24, 2.45) is 0 Å². The predicted octanol–water partition coefficient (Wildman–Crippen LogP) is 7.27. The largest absolute Gasteiger partial charge is 0.497 e. The monoisotopic (exact) mass is 634 g/mol. The fourth-order valence-electron chi connectivity index (χ4n) is 4.16. The molecule has 0 saturated heterocycles. The smallest absolute Gasteiger partial charge is 0.272 e. The number of carbonyl (C=O) groups excluding carboxylic acids is 3. The maximum atomic E-state index is 13.3. The summed E-state index contributed by atoms with van der Waals surface area (Å²) in [6.45, 7) is 1.98. The second kappa shape index (κ2) is 15.0. The van der Waals surface area contributed by atoms with Gasteiger partial charge in [0.1, 0.15) is 11.4 Å². The maximum absolute atomic E-state index is 13.3. The first-order valence-electron chi connectivity index (χ1n) is 13.9. The molecule has 0 saturated carbocycles. The molecule has 0 atom stereocenters. The second-order valence-corrected chi connectivity index (χ2v) is 11.8. The Morgan fingerprint density at radius 2 is 1.64 bits per heavy atom. The lowest BCUT2D eigenvalue weighted by atomic mass is 10.1. The fourth-order valence-corrected chi connectivity index (χ4v) is 5.59. The van der Waals surface area contributed by atoms with Crippen LogP contribution < -0.4 is 20.7 Å². The molecule has 1 aromatic heterocycles. The summed E-state index contributed by atoms with van der Waals surface area (Å²) in [7, 11) is 1.61. The molecule has 3 amide bonds. The van der Waals surface area contributed by atoms with Gasteiger partial charge in [0.05, 0.1) is 18.6 Å². The van der Waals surface area contributed by atoms with Gasteiger partial charge in [0.15, 0.2) is 5.13 Å². The third-order valence-corrected chi connectivity index (χ3v) is 8.29. The highest BCUT2D eigenvalue weighted by Crippen LogP contribution is 2.28. The first-order valence-corrected chi connectivity index (χ1v) is 15.8. The first kappa shape index (κ1) is 31.2. The number of nitrogens with zero attached hydrogens (tertiary/aromatic N) is 1. The number of anilines is 2. The van der Waals surface area contributed by atoms with Gasteiger partial charge < -0.3 is 20.7 Å². The molecule has 0 aliphatic heterocycles. The average Bonchev–Trinajstić information content (AvgIpc) is 3.54. The molecule has 3 N–H and O–H groups in total. The summed E-state index contributed by atoms with van der Waals surface area (Å²) in [5.74, 6) is -0.0971. The molecule has 4 aromatic carbocycles. The van der Waals surface area contributed by atoms with E-state index in [9.17, 15) is 14.4 Å². The number of amides is 3. The average molecular weight is 635 g/mol. The zero-order valence-electron chi connectivity index (χ0n) is 24.6. The fraction of sp³-hybridized carbons (Fsp3) is 0.0857. The summed E-state index contributed by atoms with van der Waals surface area (Å²) in [5, 5.41) is 10.9. The zero-order chi connectivity index (χ0) is 31.6. The van der Waals surface area contributed by atoms with Crippen LogP contribution in [0.5, 0.6) is 5.75 Å². The highest BCUT2D eigenvalue weighted by atomic mass is 32.2. The zero-order valence-corrected chi connectivity index (χ0v) is 26.2. The maximum Gasteiger partial charge on any atom is 0.272 e. The number of thiazole rings is 1. The molecule has 0 bridgehead atoms. The van der Waals surface area contributed by atoms with E-state index in [0.717, 1.165) is 33.0 Å². The van der Waals surface area contributed by atoms with E-state index in [-0.39, 0.29) is 23.3 Å². The quantitative estimate of drug-likeness (QED) is 0.104. The molecule has 0 aliphatic carbocycles. The summed E-state index contributed by atoms with van der Waals surface area (Å²) >= 11 is 2.72. The summed E-state index contributed by atoms with van der Waals surface area (Å²) < 4.78 is 5.28. The number of ether oxygens (including phenoxy) is 1. The molecule has 5 rings (SSSR count). The van der Waals surface area contributed by atoms with Gasteiger partial charge in [-0.2, -0.15) is 0 Å². The number of carbonyl (C=O) groups is 3. The number of thioether (sulfide) groups is 1. The van der Waals surface area contributed by atoms with Crippen LogP contribution in [-0.2, 0) is 9.59 Å². The van der Waals surface area contributed by atoms with Gasteiger partial charge in [0.25, 0.3) is 11.8 Å². The Bertz CT molecular complexity index is 1820. The number of hydrogen-bond acceptors (Lipinski definition) is 7. The lowest BCUT2D eigenvalue weighted by Crippen LogP contribution is -2.30. The van der Waals surface area contributed by atoms with E-state index >= 15 is 0 Å². The normalized spacial score (nSPS) is 11.0. The number of benzene rings is 4. The third kappa shape index (κ3) is 8.91. The molecule has 226 valence electrons. The Balaban J connectivity index is 1.18. The lowest BCUT2D eigenvalue weighted by Gasteiger charge is -2.12.